The van der Waals surface area contributed by atoms with Crippen LogP contribution in [0.4, 0.5) is 4.39 Å². The molecule has 2 N–H and O–H groups in total. The molecule has 1 aromatic rings. The van der Waals surface area contributed by atoms with E-state index in [9.17, 15) is 14.0 Å². The van der Waals surface area contributed by atoms with Crippen molar-refractivity contribution in [3.8, 4) is 11.8 Å². The summed E-state index contributed by atoms with van der Waals surface area (Å²) in [4.78, 5) is 24.8. The summed E-state index contributed by atoms with van der Waals surface area (Å²) >= 11 is 0. The van der Waals surface area contributed by atoms with Gasteiger partial charge in [0.25, 0.3) is 0 Å². The first-order valence-electron chi connectivity index (χ1n) is 6.47. The van der Waals surface area contributed by atoms with E-state index in [0.29, 0.717) is 17.7 Å². The summed E-state index contributed by atoms with van der Waals surface area (Å²) in [6, 6.07) is 3.69. The van der Waals surface area contributed by atoms with Gasteiger partial charge in [-0.3, -0.25) is 19.8 Å². The van der Waals surface area contributed by atoms with E-state index < -0.39 is 11.9 Å². The van der Waals surface area contributed by atoms with Crippen LogP contribution in [0, 0.1) is 17.7 Å². The number of carbonyl (C=O) groups is 2. The van der Waals surface area contributed by atoms with Crippen LogP contribution in [0.15, 0.2) is 18.2 Å². The minimum atomic E-state index is -0.452. The maximum Gasteiger partial charge on any atom is 0.243 e. The van der Waals surface area contributed by atoms with Crippen LogP contribution in [0.1, 0.15) is 18.1 Å². The zero-order valence-electron chi connectivity index (χ0n) is 11.5. The largest absolute Gasteiger partial charge is 0.384 e. The monoisotopic (exact) mass is 290 g/mol. The molecule has 0 saturated carbocycles. The van der Waals surface area contributed by atoms with Crippen molar-refractivity contribution in [3.63, 3.8) is 0 Å². The van der Waals surface area contributed by atoms with Gasteiger partial charge in [0.05, 0.1) is 12.6 Å². The number of hydrogen-bond donors (Lipinski definition) is 2. The van der Waals surface area contributed by atoms with Crippen molar-refractivity contribution in [2.24, 2.45) is 0 Å². The number of rotatable bonds is 2. The van der Waals surface area contributed by atoms with Crippen molar-refractivity contribution < 1.29 is 19.1 Å². The Labute approximate surface area is 121 Å². The molecule has 0 aliphatic carbocycles. The first-order valence-corrected chi connectivity index (χ1v) is 6.47. The summed E-state index contributed by atoms with van der Waals surface area (Å²) in [6.07, 6.45) is 0. The molecule has 1 aromatic carbocycles. The smallest absolute Gasteiger partial charge is 0.243 e. The quantitative estimate of drug-likeness (QED) is 0.595. The van der Waals surface area contributed by atoms with E-state index in [4.69, 9.17) is 5.11 Å². The number of aliphatic hydroxyl groups is 1. The number of nitrogens with zero attached hydrogens (tertiary/aromatic N) is 1. The Hall–Kier alpha value is -2.23. The Morgan fingerprint density at radius 1 is 1.48 bits per heavy atom. The van der Waals surface area contributed by atoms with Crippen molar-refractivity contribution in [2.75, 3.05) is 13.2 Å². The van der Waals surface area contributed by atoms with Gasteiger partial charge in [-0.25, -0.2) is 4.39 Å². The zero-order chi connectivity index (χ0) is 15.4. The molecule has 1 aliphatic rings. The second kappa shape index (κ2) is 6.48. The standard InChI is InChI=1S/C15H15FN2O3/c1-10-15(21)17-14(20)9-18(10)8-12-4-5-13(16)7-11(12)3-2-6-19/h4-5,7,10,19H,6,8-9H2,1H3,(H,17,20,21). The van der Waals surface area contributed by atoms with Crippen LogP contribution in [-0.4, -0.2) is 41.0 Å². The van der Waals surface area contributed by atoms with E-state index >= 15 is 0 Å². The lowest BCUT2D eigenvalue weighted by Crippen LogP contribution is -2.56. The SMILES string of the molecule is CC1C(=O)NC(=O)CN1Cc1ccc(F)cc1C#CCO. The minimum Gasteiger partial charge on any atom is -0.384 e. The third-order valence-electron chi connectivity index (χ3n) is 3.28. The van der Waals surface area contributed by atoms with Gasteiger partial charge < -0.3 is 5.11 Å². The normalized spacial score (nSPS) is 18.9. The van der Waals surface area contributed by atoms with Crippen LogP contribution in [0.25, 0.3) is 0 Å². The second-order valence-corrected chi connectivity index (χ2v) is 4.75. The molecule has 2 rings (SSSR count). The Bertz CT molecular complexity index is 634. The number of carbonyl (C=O) groups excluding carboxylic acids is 2. The lowest BCUT2D eigenvalue weighted by atomic mass is 10.1. The van der Waals surface area contributed by atoms with Gasteiger partial charge in [-0.2, -0.15) is 0 Å². The van der Waals surface area contributed by atoms with Crippen molar-refractivity contribution >= 4 is 11.8 Å². The summed E-state index contributed by atoms with van der Waals surface area (Å²) < 4.78 is 13.3. The number of imide groups is 1. The maximum atomic E-state index is 13.3. The number of amides is 2. The first kappa shape index (κ1) is 15.2. The molecule has 21 heavy (non-hydrogen) atoms. The summed E-state index contributed by atoms with van der Waals surface area (Å²) in [6.45, 7) is 1.77. The average molecular weight is 290 g/mol. The van der Waals surface area contributed by atoms with Crippen LogP contribution in [0.2, 0.25) is 0 Å². The summed E-state index contributed by atoms with van der Waals surface area (Å²) in [5.41, 5.74) is 1.14. The molecule has 1 atom stereocenters. The van der Waals surface area contributed by atoms with Gasteiger partial charge in [0.1, 0.15) is 12.4 Å². The van der Waals surface area contributed by atoms with Crippen molar-refractivity contribution in [1.29, 1.82) is 0 Å². The van der Waals surface area contributed by atoms with Crippen LogP contribution in [0.5, 0.6) is 0 Å². The second-order valence-electron chi connectivity index (χ2n) is 4.75. The van der Waals surface area contributed by atoms with Crippen LogP contribution in [-0.2, 0) is 16.1 Å². The molecule has 0 spiro atoms. The number of hydrogen-bond acceptors (Lipinski definition) is 4. The topological polar surface area (TPSA) is 69.6 Å². The molecule has 110 valence electrons. The Balaban J connectivity index is 2.26. The first-order chi connectivity index (χ1) is 10.0. The highest BCUT2D eigenvalue weighted by Gasteiger charge is 2.30. The van der Waals surface area contributed by atoms with Crippen LogP contribution in [0.3, 0.4) is 0 Å². The fourth-order valence-corrected chi connectivity index (χ4v) is 2.12. The Morgan fingerprint density at radius 2 is 2.24 bits per heavy atom. The molecule has 1 heterocycles. The molecule has 1 fully saturated rings. The Kier molecular flexibility index (Phi) is 4.68. The van der Waals surface area contributed by atoms with Crippen molar-refractivity contribution in [1.82, 2.24) is 10.2 Å². The number of piperazine rings is 1. The Morgan fingerprint density at radius 3 is 2.95 bits per heavy atom. The molecule has 0 radical (unpaired) electrons. The molecule has 1 saturated heterocycles. The van der Waals surface area contributed by atoms with Crippen molar-refractivity contribution in [3.05, 3.63) is 35.1 Å². The van der Waals surface area contributed by atoms with E-state index in [-0.39, 0.29) is 25.0 Å². The highest BCUT2D eigenvalue weighted by Crippen LogP contribution is 2.16. The van der Waals surface area contributed by atoms with Gasteiger partial charge in [-0.15, -0.1) is 0 Å². The molecular weight excluding hydrogens is 275 g/mol. The predicted molar refractivity (Wildman–Crippen MR) is 73.4 cm³/mol. The third kappa shape index (κ3) is 3.66. The van der Waals surface area contributed by atoms with Gasteiger partial charge in [0.15, 0.2) is 0 Å². The van der Waals surface area contributed by atoms with Gasteiger partial charge in [-0.05, 0) is 24.6 Å². The fourth-order valence-electron chi connectivity index (χ4n) is 2.12. The van der Waals surface area contributed by atoms with E-state index in [1.54, 1.807) is 17.9 Å². The van der Waals surface area contributed by atoms with Gasteiger partial charge >= 0.3 is 0 Å². The molecular formula is C15H15FN2O3. The van der Waals surface area contributed by atoms with Crippen LogP contribution < -0.4 is 5.32 Å². The number of benzene rings is 1. The fraction of sp³-hybridized carbons (Fsp3) is 0.333. The third-order valence-corrected chi connectivity index (χ3v) is 3.28. The lowest BCUT2D eigenvalue weighted by molar-refractivity contribution is -0.139. The number of nitrogens with one attached hydrogen (secondary N) is 1. The molecule has 0 bridgehead atoms. The number of halogens is 1. The number of aliphatic hydroxyl groups excluding tert-OH is 1. The van der Waals surface area contributed by atoms with E-state index in [1.807, 2.05) is 0 Å². The van der Waals surface area contributed by atoms with E-state index in [0.717, 1.165) is 0 Å². The van der Waals surface area contributed by atoms with Gasteiger partial charge in [-0.1, -0.05) is 17.9 Å². The van der Waals surface area contributed by atoms with Gasteiger partial charge in [0.2, 0.25) is 11.8 Å². The highest BCUT2D eigenvalue weighted by atomic mass is 19.1. The van der Waals surface area contributed by atoms with E-state index in [1.165, 1.54) is 12.1 Å². The van der Waals surface area contributed by atoms with Crippen molar-refractivity contribution in [2.45, 2.75) is 19.5 Å². The maximum absolute atomic E-state index is 13.3. The summed E-state index contributed by atoms with van der Waals surface area (Å²) in [5, 5.41) is 11.0. The molecule has 2 amide bonds. The average Bonchev–Trinajstić information content (AvgIpc) is 2.44. The van der Waals surface area contributed by atoms with E-state index in [2.05, 4.69) is 17.2 Å². The van der Waals surface area contributed by atoms with Crippen LogP contribution >= 0.6 is 0 Å². The molecule has 6 heteroatoms. The minimum absolute atomic E-state index is 0.0944. The molecule has 5 nitrogen and oxygen atoms in total. The summed E-state index contributed by atoms with van der Waals surface area (Å²) in [5.74, 6) is 4.01. The molecule has 0 aromatic heterocycles. The zero-order valence-corrected chi connectivity index (χ0v) is 11.5. The predicted octanol–water partition coefficient (Wildman–Crippen LogP) is 0.0164. The lowest BCUT2D eigenvalue weighted by Gasteiger charge is -2.31. The highest BCUT2D eigenvalue weighted by molar-refractivity contribution is 6.00. The molecule has 1 aliphatic heterocycles. The summed E-state index contributed by atoms with van der Waals surface area (Å²) in [7, 11) is 0. The molecule has 1 unspecified atom stereocenters. The van der Waals surface area contributed by atoms with Gasteiger partial charge in [0, 0.05) is 12.1 Å².